The van der Waals surface area contributed by atoms with Crippen LogP contribution in [0.2, 0.25) is 0 Å². The molecule has 2 N–H and O–H groups in total. The molecule has 2 rings (SSSR count). The van der Waals surface area contributed by atoms with Crippen LogP contribution >= 0.6 is 0 Å². The van der Waals surface area contributed by atoms with Gasteiger partial charge >= 0.3 is 0 Å². The molecular formula is C5H7N5. The van der Waals surface area contributed by atoms with Crippen molar-refractivity contribution in [2.24, 2.45) is 0 Å². The number of nitrogens with one attached hydrogen (secondary N) is 2. The molecule has 0 fully saturated rings. The summed E-state index contributed by atoms with van der Waals surface area (Å²) in [7, 11) is 0. The van der Waals surface area contributed by atoms with Gasteiger partial charge in [0.25, 0.3) is 0 Å². The second kappa shape index (κ2) is 4.25. The zero-order chi connectivity index (χ0) is 7.07. The smallest absolute Gasteiger partial charge is 0.161 e. The predicted molar refractivity (Wildman–Crippen MR) is 35.0 cm³/mol. The molecular weight excluding hydrogens is 130 g/mol. The van der Waals surface area contributed by atoms with E-state index in [-0.39, 0.29) is 0 Å². The summed E-state index contributed by atoms with van der Waals surface area (Å²) >= 11 is 0. The van der Waals surface area contributed by atoms with Crippen LogP contribution < -0.4 is 0 Å². The first-order valence-electron chi connectivity index (χ1n) is 2.74. The van der Waals surface area contributed by atoms with Gasteiger partial charge in [0.2, 0.25) is 0 Å². The van der Waals surface area contributed by atoms with Crippen LogP contribution in [0.15, 0.2) is 30.9 Å². The number of aromatic nitrogens is 5. The van der Waals surface area contributed by atoms with E-state index in [1.807, 2.05) is 24.5 Å². The van der Waals surface area contributed by atoms with Crippen LogP contribution in [0.3, 0.4) is 0 Å². The van der Waals surface area contributed by atoms with Crippen LogP contribution in [0.5, 0.6) is 0 Å². The number of nitrogens with zero attached hydrogens (tertiary/aromatic N) is 3. The zero-order valence-electron chi connectivity index (χ0n) is 5.23. The minimum atomic E-state index is 1.33. The fraction of sp³-hybridized carbons (Fsp3) is 0. The molecule has 0 aliphatic rings. The van der Waals surface area contributed by atoms with Crippen molar-refractivity contribution < 1.29 is 0 Å². The maximum absolute atomic E-state index is 3.38. The average molecular weight is 137 g/mol. The highest BCUT2D eigenvalue weighted by atomic mass is 15.5. The second-order valence-electron chi connectivity index (χ2n) is 1.44. The van der Waals surface area contributed by atoms with E-state index in [2.05, 4.69) is 25.6 Å². The molecule has 0 bridgehead atoms. The molecule has 0 atom stereocenters. The largest absolute Gasteiger partial charge is 0.368 e. The van der Waals surface area contributed by atoms with Crippen LogP contribution in [-0.4, -0.2) is 25.6 Å². The van der Waals surface area contributed by atoms with Crippen LogP contribution in [0.25, 0.3) is 0 Å². The summed E-state index contributed by atoms with van der Waals surface area (Å²) in [5.74, 6) is 0. The van der Waals surface area contributed by atoms with Crippen molar-refractivity contribution in [2.45, 2.75) is 0 Å². The summed E-state index contributed by atoms with van der Waals surface area (Å²) in [6.45, 7) is 0. The molecule has 0 aliphatic carbocycles. The highest BCUT2D eigenvalue weighted by Crippen LogP contribution is 1.72. The lowest BCUT2D eigenvalue weighted by Gasteiger charge is -1.49. The van der Waals surface area contributed by atoms with Gasteiger partial charge < -0.3 is 4.98 Å². The van der Waals surface area contributed by atoms with E-state index in [1.54, 1.807) is 0 Å². The third-order valence-corrected chi connectivity index (χ3v) is 0.766. The SMILES string of the molecule is c1cc[nH]c1.c1nn[nH]n1. The summed E-state index contributed by atoms with van der Waals surface area (Å²) in [6, 6.07) is 3.89. The van der Waals surface area contributed by atoms with E-state index in [4.69, 9.17) is 0 Å². The number of aromatic amines is 2. The van der Waals surface area contributed by atoms with E-state index in [0.29, 0.717) is 0 Å². The van der Waals surface area contributed by atoms with Crippen molar-refractivity contribution in [3.63, 3.8) is 0 Å². The van der Waals surface area contributed by atoms with Gasteiger partial charge in [-0.2, -0.15) is 5.21 Å². The molecule has 52 valence electrons. The molecule has 2 aromatic heterocycles. The molecule has 0 spiro atoms. The average Bonchev–Trinajstić information content (AvgIpc) is 2.67. The van der Waals surface area contributed by atoms with Gasteiger partial charge in [-0.05, 0) is 12.1 Å². The second-order valence-corrected chi connectivity index (χ2v) is 1.44. The lowest BCUT2D eigenvalue weighted by Crippen LogP contribution is -1.64. The van der Waals surface area contributed by atoms with Crippen LogP contribution in [-0.2, 0) is 0 Å². The Morgan fingerprint density at radius 2 is 1.90 bits per heavy atom. The van der Waals surface area contributed by atoms with Gasteiger partial charge in [-0.3, -0.25) is 0 Å². The molecule has 5 heteroatoms. The topological polar surface area (TPSA) is 70.2 Å². The van der Waals surface area contributed by atoms with Crippen molar-refractivity contribution in [3.05, 3.63) is 30.9 Å². The molecule has 0 saturated carbocycles. The number of H-pyrrole nitrogens is 2. The molecule has 0 radical (unpaired) electrons. The first kappa shape index (κ1) is 6.47. The van der Waals surface area contributed by atoms with Crippen molar-refractivity contribution in [3.8, 4) is 0 Å². The van der Waals surface area contributed by atoms with Gasteiger partial charge in [0, 0.05) is 12.4 Å². The van der Waals surface area contributed by atoms with Gasteiger partial charge in [-0.25, -0.2) is 0 Å². The summed E-state index contributed by atoms with van der Waals surface area (Å²) in [5.41, 5.74) is 0. The summed E-state index contributed by atoms with van der Waals surface area (Å²) in [6.07, 6.45) is 5.08. The summed E-state index contributed by atoms with van der Waals surface area (Å²) in [5, 5.41) is 12.2. The standard InChI is InChI=1S/C4H5N.CH2N4/c2*1-2-4-5-3-1/h1-5H;1H,(H,2,3,4,5). The Labute approximate surface area is 57.5 Å². The van der Waals surface area contributed by atoms with E-state index >= 15 is 0 Å². The normalized spacial score (nSPS) is 8.00. The Kier molecular flexibility index (Phi) is 2.75. The Morgan fingerprint density at radius 3 is 2.10 bits per heavy atom. The van der Waals surface area contributed by atoms with E-state index in [1.165, 1.54) is 6.33 Å². The highest BCUT2D eigenvalue weighted by Gasteiger charge is 1.58. The molecule has 0 unspecified atom stereocenters. The first-order valence-corrected chi connectivity index (χ1v) is 2.74. The maximum atomic E-state index is 3.38. The van der Waals surface area contributed by atoms with Gasteiger partial charge in [0.15, 0.2) is 6.33 Å². The molecule has 10 heavy (non-hydrogen) atoms. The lowest BCUT2D eigenvalue weighted by atomic mass is 10.7. The molecule has 0 aliphatic heterocycles. The molecule has 0 amide bonds. The predicted octanol–water partition coefficient (Wildman–Crippen LogP) is 0.214. The monoisotopic (exact) mass is 137 g/mol. The van der Waals surface area contributed by atoms with Crippen LogP contribution in [0.4, 0.5) is 0 Å². The number of rotatable bonds is 0. The highest BCUT2D eigenvalue weighted by molar-refractivity contribution is 4.84. The Morgan fingerprint density at radius 1 is 1.10 bits per heavy atom. The van der Waals surface area contributed by atoms with Crippen LogP contribution in [0.1, 0.15) is 0 Å². The summed E-state index contributed by atoms with van der Waals surface area (Å²) in [4.78, 5) is 2.86. The van der Waals surface area contributed by atoms with Gasteiger partial charge in [0.05, 0.1) is 0 Å². The summed E-state index contributed by atoms with van der Waals surface area (Å²) < 4.78 is 0. The van der Waals surface area contributed by atoms with Crippen molar-refractivity contribution in [2.75, 3.05) is 0 Å². The van der Waals surface area contributed by atoms with Crippen LogP contribution in [0, 0.1) is 0 Å². The zero-order valence-corrected chi connectivity index (χ0v) is 5.23. The first-order chi connectivity index (χ1) is 5.00. The molecule has 5 nitrogen and oxygen atoms in total. The fourth-order valence-electron chi connectivity index (χ4n) is 0.407. The Bertz CT molecular complexity index is 149. The van der Waals surface area contributed by atoms with Crippen molar-refractivity contribution >= 4 is 0 Å². The minimum absolute atomic E-state index is 1.33. The van der Waals surface area contributed by atoms with E-state index in [0.717, 1.165) is 0 Å². The third kappa shape index (κ3) is 2.61. The quantitative estimate of drug-likeness (QED) is 0.545. The maximum Gasteiger partial charge on any atom is 0.161 e. The van der Waals surface area contributed by atoms with Gasteiger partial charge in [0.1, 0.15) is 0 Å². The lowest BCUT2D eigenvalue weighted by molar-refractivity contribution is 0.881. The molecule has 0 saturated heterocycles. The van der Waals surface area contributed by atoms with E-state index in [9.17, 15) is 0 Å². The Hall–Kier alpha value is -1.65. The minimum Gasteiger partial charge on any atom is -0.368 e. The third-order valence-electron chi connectivity index (χ3n) is 0.766. The van der Waals surface area contributed by atoms with Crippen molar-refractivity contribution in [1.82, 2.24) is 25.6 Å². The molecule has 0 aromatic carbocycles. The Balaban J connectivity index is 0.0000001000. The van der Waals surface area contributed by atoms with E-state index < -0.39 is 0 Å². The molecule has 2 aromatic rings. The van der Waals surface area contributed by atoms with Gasteiger partial charge in [-0.1, -0.05) is 5.21 Å². The number of hydrogen-bond acceptors (Lipinski definition) is 3. The number of hydrogen-bond donors (Lipinski definition) is 2. The van der Waals surface area contributed by atoms with Gasteiger partial charge in [-0.15, -0.1) is 10.2 Å². The molecule has 2 heterocycles. The van der Waals surface area contributed by atoms with Crippen molar-refractivity contribution in [1.29, 1.82) is 0 Å². The number of tetrazole rings is 1. The fourth-order valence-corrected chi connectivity index (χ4v) is 0.407.